The van der Waals surface area contributed by atoms with Gasteiger partial charge in [-0.2, -0.15) is 0 Å². The Hall–Kier alpha value is -0.770. The molecule has 0 saturated heterocycles. The summed E-state index contributed by atoms with van der Waals surface area (Å²) in [6, 6.07) is 0. The molecule has 1 saturated carbocycles. The van der Waals surface area contributed by atoms with Crippen molar-refractivity contribution in [1.82, 2.24) is 16.0 Å². The van der Waals surface area contributed by atoms with Crippen molar-refractivity contribution in [3.05, 3.63) is 0 Å². The molecule has 8 heteroatoms. The summed E-state index contributed by atoms with van der Waals surface area (Å²) in [5.74, 6) is 1.54. The highest BCUT2D eigenvalue weighted by Crippen LogP contribution is 2.28. The van der Waals surface area contributed by atoms with Crippen molar-refractivity contribution in [2.24, 2.45) is 10.9 Å². The van der Waals surface area contributed by atoms with E-state index in [1.54, 1.807) is 7.05 Å². The van der Waals surface area contributed by atoms with Crippen LogP contribution in [0.1, 0.15) is 40.0 Å². The fourth-order valence-electron chi connectivity index (χ4n) is 1.80. The molecule has 0 radical (unpaired) electrons. The second-order valence-electron chi connectivity index (χ2n) is 6.73. The van der Waals surface area contributed by atoms with Crippen molar-refractivity contribution < 1.29 is 14.3 Å². The molecule has 0 bridgehead atoms. The highest BCUT2D eigenvalue weighted by molar-refractivity contribution is 14.0. The number of halogens is 1. The van der Waals surface area contributed by atoms with E-state index in [4.69, 9.17) is 9.47 Å². The lowest BCUT2D eigenvalue weighted by atomic mass is 10.2. The van der Waals surface area contributed by atoms with Gasteiger partial charge in [-0.05, 0) is 46.0 Å². The minimum Gasteiger partial charge on any atom is -0.444 e. The van der Waals surface area contributed by atoms with Crippen molar-refractivity contribution in [3.8, 4) is 0 Å². The monoisotopic (exact) mass is 456 g/mol. The van der Waals surface area contributed by atoms with Gasteiger partial charge in [0.2, 0.25) is 0 Å². The average Bonchev–Trinajstić information content (AvgIpc) is 3.27. The van der Waals surface area contributed by atoms with Gasteiger partial charge < -0.3 is 25.4 Å². The van der Waals surface area contributed by atoms with Gasteiger partial charge in [0.25, 0.3) is 0 Å². The first-order valence-corrected chi connectivity index (χ1v) is 8.40. The number of carbonyl (C=O) groups excluding carboxylic acids is 1. The Kier molecular flexibility index (Phi) is 12.2. The van der Waals surface area contributed by atoms with Gasteiger partial charge in [0.05, 0.1) is 0 Å². The van der Waals surface area contributed by atoms with Gasteiger partial charge in [-0.1, -0.05) is 0 Å². The Morgan fingerprint density at radius 1 is 1.12 bits per heavy atom. The molecule has 0 unspecified atom stereocenters. The Labute approximate surface area is 162 Å². The lowest BCUT2D eigenvalue weighted by Crippen LogP contribution is -2.42. The fourth-order valence-corrected chi connectivity index (χ4v) is 1.80. The van der Waals surface area contributed by atoms with Crippen LogP contribution in [0.3, 0.4) is 0 Å². The smallest absolute Gasteiger partial charge is 0.407 e. The van der Waals surface area contributed by atoms with Crippen LogP contribution >= 0.6 is 24.0 Å². The zero-order valence-corrected chi connectivity index (χ0v) is 17.6. The topological polar surface area (TPSA) is 84.0 Å². The lowest BCUT2D eigenvalue weighted by Gasteiger charge is -2.19. The zero-order chi connectivity index (χ0) is 17.1. The number of hydrogen-bond donors (Lipinski definition) is 3. The first-order chi connectivity index (χ1) is 10.9. The van der Waals surface area contributed by atoms with Crippen LogP contribution in [0.15, 0.2) is 4.99 Å². The number of guanidine groups is 1. The van der Waals surface area contributed by atoms with E-state index in [1.807, 2.05) is 20.8 Å². The second kappa shape index (κ2) is 12.6. The molecule has 0 aliphatic heterocycles. The van der Waals surface area contributed by atoms with Gasteiger partial charge in [-0.3, -0.25) is 4.99 Å². The number of rotatable bonds is 9. The summed E-state index contributed by atoms with van der Waals surface area (Å²) >= 11 is 0. The van der Waals surface area contributed by atoms with Gasteiger partial charge >= 0.3 is 6.09 Å². The molecule has 142 valence electrons. The number of nitrogens with zero attached hydrogens (tertiary/aromatic N) is 1. The second-order valence-corrected chi connectivity index (χ2v) is 6.73. The van der Waals surface area contributed by atoms with Crippen molar-refractivity contribution in [3.63, 3.8) is 0 Å². The number of amides is 1. The summed E-state index contributed by atoms with van der Waals surface area (Å²) in [6.45, 7) is 9.06. The molecule has 0 atom stereocenters. The molecule has 1 rings (SSSR count). The van der Waals surface area contributed by atoms with Gasteiger partial charge in [0, 0.05) is 39.9 Å². The fraction of sp³-hybridized carbons (Fsp3) is 0.875. The van der Waals surface area contributed by atoms with E-state index >= 15 is 0 Å². The summed E-state index contributed by atoms with van der Waals surface area (Å²) in [5, 5.41) is 9.04. The largest absolute Gasteiger partial charge is 0.444 e. The molecule has 0 heterocycles. The van der Waals surface area contributed by atoms with Crippen LogP contribution < -0.4 is 16.0 Å². The van der Waals surface area contributed by atoms with Gasteiger partial charge in [-0.25, -0.2) is 4.79 Å². The van der Waals surface area contributed by atoms with E-state index < -0.39 is 11.7 Å². The molecule has 3 N–H and O–H groups in total. The van der Waals surface area contributed by atoms with Crippen LogP contribution in [0.25, 0.3) is 0 Å². The Morgan fingerprint density at radius 2 is 1.75 bits per heavy atom. The van der Waals surface area contributed by atoms with E-state index in [-0.39, 0.29) is 24.0 Å². The molecule has 0 aromatic rings. The molecular weight excluding hydrogens is 423 g/mol. The quantitative estimate of drug-likeness (QED) is 0.214. The Morgan fingerprint density at radius 3 is 2.33 bits per heavy atom. The molecule has 0 aromatic carbocycles. The molecule has 1 amide bonds. The third-order valence-corrected chi connectivity index (χ3v) is 3.12. The van der Waals surface area contributed by atoms with Crippen LogP contribution in [-0.4, -0.2) is 57.5 Å². The van der Waals surface area contributed by atoms with Crippen molar-refractivity contribution in [1.29, 1.82) is 0 Å². The molecule has 0 spiro atoms. The summed E-state index contributed by atoms with van der Waals surface area (Å²) in [5.41, 5.74) is -0.476. The predicted molar refractivity (Wildman–Crippen MR) is 107 cm³/mol. The lowest BCUT2D eigenvalue weighted by molar-refractivity contribution is 0.0529. The molecule has 1 aliphatic rings. The van der Waals surface area contributed by atoms with Crippen molar-refractivity contribution in [2.45, 2.75) is 45.6 Å². The van der Waals surface area contributed by atoms with Gasteiger partial charge in [0.1, 0.15) is 5.60 Å². The first kappa shape index (κ1) is 23.2. The highest BCUT2D eigenvalue weighted by atomic mass is 127. The maximum Gasteiger partial charge on any atom is 0.407 e. The summed E-state index contributed by atoms with van der Waals surface area (Å²) in [7, 11) is 1.72. The highest BCUT2D eigenvalue weighted by Gasteiger charge is 2.20. The van der Waals surface area contributed by atoms with Crippen molar-refractivity contribution >= 4 is 36.0 Å². The van der Waals surface area contributed by atoms with Crippen molar-refractivity contribution in [2.75, 3.05) is 39.9 Å². The van der Waals surface area contributed by atoms with Crippen LogP contribution in [-0.2, 0) is 9.47 Å². The summed E-state index contributed by atoms with van der Waals surface area (Å²) in [6.07, 6.45) is 3.19. The number of hydrogen-bond acceptors (Lipinski definition) is 4. The van der Waals surface area contributed by atoms with E-state index in [9.17, 15) is 4.79 Å². The third-order valence-electron chi connectivity index (χ3n) is 3.12. The van der Waals surface area contributed by atoms with Gasteiger partial charge in [0.15, 0.2) is 5.96 Å². The normalized spacial score (nSPS) is 14.6. The molecule has 1 aliphatic carbocycles. The number of alkyl carbamates (subject to hydrolysis) is 1. The van der Waals surface area contributed by atoms with E-state index in [2.05, 4.69) is 20.9 Å². The average molecular weight is 456 g/mol. The Balaban J connectivity index is 0.00000529. The Bertz CT molecular complexity index is 382. The maximum atomic E-state index is 11.5. The van der Waals surface area contributed by atoms with E-state index in [1.165, 1.54) is 12.8 Å². The van der Waals surface area contributed by atoms with Crippen LogP contribution in [0, 0.1) is 5.92 Å². The number of aliphatic imine (C=N–C) groups is 1. The molecule has 1 fully saturated rings. The first-order valence-electron chi connectivity index (χ1n) is 8.40. The van der Waals surface area contributed by atoms with Crippen LogP contribution in [0.4, 0.5) is 4.79 Å². The summed E-state index contributed by atoms with van der Waals surface area (Å²) < 4.78 is 10.7. The molecular formula is C16H33IN4O3. The molecule has 24 heavy (non-hydrogen) atoms. The van der Waals surface area contributed by atoms with Gasteiger partial charge in [-0.15, -0.1) is 24.0 Å². The summed E-state index contributed by atoms with van der Waals surface area (Å²) in [4.78, 5) is 15.6. The number of nitrogens with one attached hydrogen (secondary N) is 3. The minimum atomic E-state index is -0.476. The predicted octanol–water partition coefficient (Wildman–Crippen LogP) is 2.11. The number of ether oxygens (including phenoxy) is 2. The molecule has 0 aromatic heterocycles. The van der Waals surface area contributed by atoms with Crippen LogP contribution in [0.2, 0.25) is 0 Å². The van der Waals surface area contributed by atoms with E-state index in [0.29, 0.717) is 13.1 Å². The number of carbonyl (C=O) groups is 1. The van der Waals surface area contributed by atoms with E-state index in [0.717, 1.165) is 38.1 Å². The SMILES string of the molecule is CN=C(NCCCOCC1CC1)NCCNC(=O)OC(C)(C)C.I. The minimum absolute atomic E-state index is 0. The maximum absolute atomic E-state index is 11.5. The van der Waals surface area contributed by atoms with Crippen LogP contribution in [0.5, 0.6) is 0 Å². The molecule has 7 nitrogen and oxygen atoms in total. The third kappa shape index (κ3) is 13.6. The standard InChI is InChI=1S/C16H32N4O3.HI/c1-16(2,3)23-15(21)20-10-9-19-14(17-4)18-8-5-11-22-12-13-6-7-13;/h13H,5-12H2,1-4H3,(H,20,21)(H2,17,18,19);1H. The zero-order valence-electron chi connectivity index (χ0n) is 15.3.